The second-order valence-electron chi connectivity index (χ2n) is 6.25. The monoisotopic (exact) mass is 306 g/mol. The quantitative estimate of drug-likeness (QED) is 0.691. The molecule has 0 aromatic heterocycles. The Hall–Kier alpha value is -1.59. The molecule has 1 fully saturated rings. The summed E-state index contributed by atoms with van der Waals surface area (Å²) in [6.45, 7) is 5.37. The lowest BCUT2D eigenvalue weighted by Crippen LogP contribution is -2.37. The van der Waals surface area contributed by atoms with Gasteiger partial charge in [-0.1, -0.05) is 26.0 Å². The van der Waals surface area contributed by atoms with Gasteiger partial charge in [0.15, 0.2) is 0 Å². The Bertz CT molecular complexity index is 487. The minimum absolute atomic E-state index is 0.181. The van der Waals surface area contributed by atoms with Crippen LogP contribution in [0.15, 0.2) is 24.3 Å². The highest BCUT2D eigenvalue weighted by Crippen LogP contribution is 2.28. The van der Waals surface area contributed by atoms with Crippen LogP contribution in [0.2, 0.25) is 0 Å². The minimum Gasteiger partial charge on any atom is -0.389 e. The zero-order valence-corrected chi connectivity index (χ0v) is 13.3. The molecule has 5 nitrogen and oxygen atoms in total. The number of anilines is 1. The highest BCUT2D eigenvalue weighted by atomic mass is 16.5. The van der Waals surface area contributed by atoms with Crippen molar-refractivity contribution in [2.24, 2.45) is 5.92 Å². The number of hydrogen-bond donors (Lipinski definition) is 3. The molecule has 0 aliphatic heterocycles. The van der Waals surface area contributed by atoms with Gasteiger partial charge in [-0.15, -0.1) is 0 Å². The number of rotatable bonds is 8. The molecule has 0 heterocycles. The molecule has 1 unspecified atom stereocenters. The van der Waals surface area contributed by atoms with E-state index in [2.05, 4.69) is 24.5 Å². The Morgan fingerprint density at radius 1 is 1.41 bits per heavy atom. The SMILES string of the molecule is CC(C)c1cccc(NC(=O)NCC(O)COCC2CC2)c1. The first-order chi connectivity index (χ1) is 10.5. The van der Waals surface area contributed by atoms with E-state index in [1.54, 1.807) is 0 Å². The molecule has 5 heteroatoms. The van der Waals surface area contributed by atoms with Crippen molar-refractivity contribution >= 4 is 11.7 Å². The van der Waals surface area contributed by atoms with Gasteiger partial charge in [0.25, 0.3) is 0 Å². The molecular weight excluding hydrogens is 280 g/mol. The van der Waals surface area contributed by atoms with Crippen molar-refractivity contribution in [3.63, 3.8) is 0 Å². The van der Waals surface area contributed by atoms with Gasteiger partial charge in [0, 0.05) is 18.8 Å². The van der Waals surface area contributed by atoms with Crippen LogP contribution in [0.3, 0.4) is 0 Å². The van der Waals surface area contributed by atoms with Crippen LogP contribution in [0.4, 0.5) is 10.5 Å². The first-order valence-electron chi connectivity index (χ1n) is 7.95. The third-order valence-electron chi connectivity index (χ3n) is 3.67. The number of urea groups is 1. The Morgan fingerprint density at radius 2 is 2.18 bits per heavy atom. The zero-order valence-electron chi connectivity index (χ0n) is 13.3. The zero-order chi connectivity index (χ0) is 15.9. The molecule has 1 aliphatic rings. The summed E-state index contributed by atoms with van der Waals surface area (Å²) in [6.07, 6.45) is 1.78. The van der Waals surface area contributed by atoms with Crippen LogP contribution < -0.4 is 10.6 Å². The second kappa shape index (κ2) is 8.15. The number of nitrogens with one attached hydrogen (secondary N) is 2. The number of aliphatic hydroxyl groups is 1. The molecule has 0 radical (unpaired) electrons. The molecule has 1 atom stereocenters. The van der Waals surface area contributed by atoms with Gasteiger partial charge < -0.3 is 20.5 Å². The molecular formula is C17H26N2O3. The van der Waals surface area contributed by atoms with Crippen molar-refractivity contribution < 1.29 is 14.6 Å². The standard InChI is InChI=1S/C17H26N2O3/c1-12(2)14-4-3-5-15(8-14)19-17(21)18-9-16(20)11-22-10-13-6-7-13/h3-5,8,12-13,16,20H,6-7,9-11H2,1-2H3,(H2,18,19,21). The average molecular weight is 306 g/mol. The van der Waals surface area contributed by atoms with Gasteiger partial charge in [0.05, 0.1) is 12.7 Å². The molecule has 3 N–H and O–H groups in total. The maximum Gasteiger partial charge on any atom is 0.319 e. The van der Waals surface area contributed by atoms with Gasteiger partial charge in [-0.2, -0.15) is 0 Å². The number of hydrogen-bond acceptors (Lipinski definition) is 3. The summed E-state index contributed by atoms with van der Waals surface area (Å²) < 4.78 is 5.39. The molecule has 0 spiro atoms. The topological polar surface area (TPSA) is 70.6 Å². The van der Waals surface area contributed by atoms with E-state index in [-0.39, 0.29) is 19.2 Å². The van der Waals surface area contributed by atoms with E-state index in [9.17, 15) is 9.90 Å². The van der Waals surface area contributed by atoms with Crippen LogP contribution >= 0.6 is 0 Å². The molecule has 1 aromatic rings. The number of ether oxygens (including phenoxy) is 1. The lowest BCUT2D eigenvalue weighted by Gasteiger charge is -2.13. The van der Waals surface area contributed by atoms with E-state index in [1.807, 2.05) is 24.3 Å². The summed E-state index contributed by atoms with van der Waals surface area (Å²) in [5, 5.41) is 15.2. The number of amides is 2. The number of carbonyl (C=O) groups excluding carboxylic acids is 1. The Kier molecular flexibility index (Phi) is 6.21. The Morgan fingerprint density at radius 3 is 2.86 bits per heavy atom. The van der Waals surface area contributed by atoms with E-state index >= 15 is 0 Å². The minimum atomic E-state index is -0.675. The first-order valence-corrected chi connectivity index (χ1v) is 7.95. The third-order valence-corrected chi connectivity index (χ3v) is 3.67. The van der Waals surface area contributed by atoms with Crippen LogP contribution in [0.25, 0.3) is 0 Å². The van der Waals surface area contributed by atoms with Crippen molar-refractivity contribution in [2.75, 3.05) is 25.1 Å². The fourth-order valence-corrected chi connectivity index (χ4v) is 2.08. The van der Waals surface area contributed by atoms with Crippen LogP contribution in [-0.2, 0) is 4.74 Å². The fourth-order valence-electron chi connectivity index (χ4n) is 2.08. The van der Waals surface area contributed by atoms with Gasteiger partial charge in [-0.05, 0) is 42.4 Å². The molecule has 1 aliphatic carbocycles. The van der Waals surface area contributed by atoms with E-state index in [4.69, 9.17) is 4.74 Å². The van der Waals surface area contributed by atoms with Crippen molar-refractivity contribution in [2.45, 2.75) is 38.7 Å². The maximum absolute atomic E-state index is 11.8. The molecule has 2 amide bonds. The lowest BCUT2D eigenvalue weighted by molar-refractivity contribution is 0.0339. The van der Waals surface area contributed by atoms with Gasteiger partial charge in [0.2, 0.25) is 0 Å². The van der Waals surface area contributed by atoms with Crippen LogP contribution in [0, 0.1) is 5.92 Å². The average Bonchev–Trinajstić information content (AvgIpc) is 3.29. The van der Waals surface area contributed by atoms with E-state index in [0.29, 0.717) is 18.4 Å². The third kappa shape index (κ3) is 6.03. The maximum atomic E-state index is 11.8. The predicted octanol–water partition coefficient (Wildman–Crippen LogP) is 2.72. The largest absolute Gasteiger partial charge is 0.389 e. The number of aliphatic hydroxyl groups excluding tert-OH is 1. The summed E-state index contributed by atoms with van der Waals surface area (Å²) in [7, 11) is 0. The summed E-state index contributed by atoms with van der Waals surface area (Å²) in [4.78, 5) is 11.8. The highest BCUT2D eigenvalue weighted by Gasteiger charge is 2.21. The smallest absolute Gasteiger partial charge is 0.319 e. The molecule has 0 bridgehead atoms. The molecule has 2 rings (SSSR count). The molecule has 122 valence electrons. The predicted molar refractivity (Wildman–Crippen MR) is 87.1 cm³/mol. The van der Waals surface area contributed by atoms with E-state index in [0.717, 1.165) is 5.69 Å². The van der Waals surface area contributed by atoms with Crippen molar-refractivity contribution in [3.8, 4) is 0 Å². The molecule has 1 saturated carbocycles. The lowest BCUT2D eigenvalue weighted by atomic mass is 10.0. The molecule has 1 aromatic carbocycles. The van der Waals surface area contributed by atoms with E-state index in [1.165, 1.54) is 18.4 Å². The van der Waals surface area contributed by atoms with Gasteiger partial charge in [0.1, 0.15) is 0 Å². The van der Waals surface area contributed by atoms with Gasteiger partial charge >= 0.3 is 6.03 Å². The first kappa shape index (κ1) is 16.8. The summed E-state index contributed by atoms with van der Waals surface area (Å²) >= 11 is 0. The van der Waals surface area contributed by atoms with Gasteiger partial charge in [-0.25, -0.2) is 4.79 Å². The van der Waals surface area contributed by atoms with Gasteiger partial charge in [-0.3, -0.25) is 0 Å². The van der Waals surface area contributed by atoms with E-state index < -0.39 is 6.10 Å². The Balaban J connectivity index is 1.67. The second-order valence-corrected chi connectivity index (χ2v) is 6.25. The van der Waals surface area contributed by atoms with Crippen molar-refractivity contribution in [3.05, 3.63) is 29.8 Å². The molecule has 0 saturated heterocycles. The molecule has 22 heavy (non-hydrogen) atoms. The summed E-state index contributed by atoms with van der Waals surface area (Å²) in [6, 6.07) is 7.45. The Labute approximate surface area is 132 Å². The van der Waals surface area contributed by atoms with Crippen molar-refractivity contribution in [1.29, 1.82) is 0 Å². The fraction of sp³-hybridized carbons (Fsp3) is 0.588. The normalized spacial score (nSPS) is 15.6. The van der Waals surface area contributed by atoms with Crippen LogP contribution in [0.5, 0.6) is 0 Å². The summed E-state index contributed by atoms with van der Waals surface area (Å²) in [5.41, 5.74) is 1.93. The number of benzene rings is 1. The van der Waals surface area contributed by atoms with Crippen LogP contribution in [0.1, 0.15) is 38.2 Å². The van der Waals surface area contributed by atoms with Crippen molar-refractivity contribution in [1.82, 2.24) is 5.32 Å². The highest BCUT2D eigenvalue weighted by molar-refractivity contribution is 5.89. The number of carbonyl (C=O) groups is 1. The van der Waals surface area contributed by atoms with Crippen LogP contribution in [-0.4, -0.2) is 37.0 Å². The summed E-state index contributed by atoms with van der Waals surface area (Å²) in [5.74, 6) is 1.09.